The Bertz CT molecular complexity index is 770. The Hall–Kier alpha value is -2.02. The number of rotatable bonds is 3. The third kappa shape index (κ3) is 3.19. The second kappa shape index (κ2) is 6.62. The summed E-state index contributed by atoms with van der Waals surface area (Å²) in [5.41, 5.74) is 2.62. The molecule has 0 amide bonds. The van der Waals surface area contributed by atoms with E-state index in [-0.39, 0.29) is 6.10 Å². The topological polar surface area (TPSA) is 9.23 Å². The molecule has 23 heavy (non-hydrogen) atoms. The molecule has 1 nitrogen and oxygen atoms in total. The van der Waals surface area contributed by atoms with Crippen LogP contribution in [0.5, 0.6) is 5.75 Å². The van der Waals surface area contributed by atoms with E-state index in [4.69, 9.17) is 4.74 Å². The molecule has 3 aromatic rings. The molecule has 0 radical (unpaired) electrons. The Morgan fingerprint density at radius 1 is 0.739 bits per heavy atom. The van der Waals surface area contributed by atoms with Crippen LogP contribution in [0.4, 0.5) is 0 Å². The molecule has 1 heterocycles. The summed E-state index contributed by atoms with van der Waals surface area (Å²) < 4.78 is 7.86. The van der Waals surface area contributed by atoms with Crippen LogP contribution in [0.2, 0.25) is 4.82 Å². The van der Waals surface area contributed by atoms with Gasteiger partial charge in [-0.05, 0) is 0 Å². The van der Waals surface area contributed by atoms with Crippen LogP contribution >= 0.6 is 0 Å². The van der Waals surface area contributed by atoms with E-state index in [1.54, 1.807) is 0 Å². The molecule has 1 aliphatic rings. The zero-order valence-corrected chi connectivity index (χ0v) is 14.5. The fraction of sp³-hybridized carbons (Fsp3) is 0.143. The summed E-state index contributed by atoms with van der Waals surface area (Å²) in [5.74, 6) is 1.04. The molecule has 0 bridgehead atoms. The molecule has 0 unspecified atom stereocenters. The van der Waals surface area contributed by atoms with Crippen LogP contribution < -0.4 is 9.20 Å². The van der Waals surface area contributed by atoms with E-state index in [9.17, 15) is 0 Å². The summed E-state index contributed by atoms with van der Waals surface area (Å²) in [7, 11) is 0. The van der Waals surface area contributed by atoms with Crippen molar-refractivity contribution >= 4 is 19.4 Å². The Morgan fingerprint density at radius 3 is 2.17 bits per heavy atom. The second-order valence-electron chi connectivity index (χ2n) is 5.73. The van der Waals surface area contributed by atoms with E-state index in [2.05, 4.69) is 84.9 Å². The van der Waals surface area contributed by atoms with Crippen molar-refractivity contribution in [1.29, 1.82) is 0 Å². The van der Waals surface area contributed by atoms with Gasteiger partial charge in [0.25, 0.3) is 0 Å². The summed E-state index contributed by atoms with van der Waals surface area (Å²) in [6.45, 7) is 0. The second-order valence-corrected chi connectivity index (χ2v) is 8.48. The number of hydrogen-bond acceptors (Lipinski definition) is 1. The van der Waals surface area contributed by atoms with Gasteiger partial charge in [0, 0.05) is 0 Å². The molecule has 1 aliphatic heterocycles. The van der Waals surface area contributed by atoms with Gasteiger partial charge >= 0.3 is 143 Å². The van der Waals surface area contributed by atoms with E-state index < -0.39 is 0 Å². The summed E-state index contributed by atoms with van der Waals surface area (Å²) in [6.07, 6.45) is 1.23. The molecule has 3 aromatic carbocycles. The minimum absolute atomic E-state index is 0.145. The number of hydrogen-bond donors (Lipinski definition) is 0. The Morgan fingerprint density at radius 2 is 1.39 bits per heavy atom. The Balaban J connectivity index is 1.68. The van der Waals surface area contributed by atoms with Crippen molar-refractivity contribution in [3.63, 3.8) is 0 Å². The van der Waals surface area contributed by atoms with Crippen molar-refractivity contribution < 1.29 is 4.74 Å². The monoisotopic (exact) mass is 366 g/mol. The van der Waals surface area contributed by atoms with Gasteiger partial charge in [0.1, 0.15) is 0 Å². The van der Waals surface area contributed by atoms with Gasteiger partial charge in [0.15, 0.2) is 0 Å². The molecule has 0 spiro atoms. The van der Waals surface area contributed by atoms with Gasteiger partial charge < -0.3 is 0 Å². The predicted octanol–water partition coefficient (Wildman–Crippen LogP) is 4.18. The van der Waals surface area contributed by atoms with Crippen LogP contribution in [0.1, 0.15) is 17.2 Å². The molecule has 114 valence electrons. The fourth-order valence-electron chi connectivity index (χ4n) is 3.03. The van der Waals surface area contributed by atoms with Crippen molar-refractivity contribution in [2.45, 2.75) is 17.3 Å². The number of benzene rings is 3. The first-order valence-electron chi connectivity index (χ1n) is 7.91. The van der Waals surface area contributed by atoms with Crippen LogP contribution in [-0.4, -0.2) is 15.0 Å². The van der Waals surface area contributed by atoms with E-state index in [1.807, 2.05) is 0 Å². The number of ether oxygens (including phenoxy) is 1. The molecule has 0 saturated heterocycles. The Kier molecular flexibility index (Phi) is 4.19. The third-order valence-corrected chi connectivity index (χ3v) is 6.79. The average Bonchev–Trinajstić information content (AvgIpc) is 2.63. The van der Waals surface area contributed by atoms with E-state index in [0.717, 1.165) is 12.2 Å². The quantitative estimate of drug-likeness (QED) is 0.633. The van der Waals surface area contributed by atoms with E-state index in [1.165, 1.54) is 15.6 Å². The first-order valence-corrected chi connectivity index (χ1v) is 9.76. The Labute approximate surface area is 143 Å². The first-order chi connectivity index (χ1) is 11.4. The summed E-state index contributed by atoms with van der Waals surface area (Å²) in [5, 5.41) is 0. The average molecular weight is 365 g/mol. The first kappa shape index (κ1) is 14.6. The molecular formula is C21H18OSe. The van der Waals surface area contributed by atoms with Crippen LogP contribution in [0.3, 0.4) is 0 Å². The maximum absolute atomic E-state index is 6.42. The minimum atomic E-state index is 0.145. The van der Waals surface area contributed by atoms with Gasteiger partial charge in [-0.3, -0.25) is 0 Å². The molecule has 0 aliphatic carbocycles. The summed E-state index contributed by atoms with van der Waals surface area (Å²) >= 11 is 0.384. The summed E-state index contributed by atoms with van der Waals surface area (Å²) in [6, 6.07) is 29.9. The van der Waals surface area contributed by atoms with E-state index >= 15 is 0 Å². The SMILES string of the molecule is c1ccc([Se][C@H]2Cc3ccccc3O[C@@H]2c2ccccc2)cc1. The molecule has 0 saturated carbocycles. The van der Waals surface area contributed by atoms with Crippen molar-refractivity contribution in [1.82, 2.24) is 0 Å². The summed E-state index contributed by atoms with van der Waals surface area (Å²) in [4.78, 5) is 0.516. The fourth-order valence-corrected chi connectivity index (χ4v) is 5.68. The zero-order valence-electron chi connectivity index (χ0n) is 12.8. The van der Waals surface area contributed by atoms with Crippen LogP contribution in [-0.2, 0) is 6.42 Å². The van der Waals surface area contributed by atoms with Crippen LogP contribution in [0, 0.1) is 0 Å². The molecular weight excluding hydrogens is 347 g/mol. The molecule has 0 N–H and O–H groups in total. The van der Waals surface area contributed by atoms with Gasteiger partial charge in [0.2, 0.25) is 0 Å². The van der Waals surface area contributed by atoms with Gasteiger partial charge in [0.05, 0.1) is 0 Å². The molecule has 2 heteroatoms. The van der Waals surface area contributed by atoms with Crippen LogP contribution in [0.15, 0.2) is 84.9 Å². The molecule has 4 rings (SSSR count). The van der Waals surface area contributed by atoms with Crippen LogP contribution in [0.25, 0.3) is 0 Å². The van der Waals surface area contributed by atoms with Crippen molar-refractivity contribution in [2.75, 3.05) is 0 Å². The standard InChI is InChI=1S/C21H18OSe/c1-3-9-16(10-4-1)21-20(23-18-12-5-2-6-13-18)15-17-11-7-8-14-19(17)22-21/h1-14,20-21H,15H2/t20-,21+/m0/s1. The predicted molar refractivity (Wildman–Crippen MR) is 95.5 cm³/mol. The van der Waals surface area contributed by atoms with E-state index in [0.29, 0.717) is 19.8 Å². The molecule has 0 aromatic heterocycles. The van der Waals surface area contributed by atoms with Gasteiger partial charge in [-0.2, -0.15) is 0 Å². The van der Waals surface area contributed by atoms with Gasteiger partial charge in [-0.15, -0.1) is 0 Å². The van der Waals surface area contributed by atoms with Gasteiger partial charge in [-0.1, -0.05) is 0 Å². The van der Waals surface area contributed by atoms with Crippen molar-refractivity contribution in [2.24, 2.45) is 0 Å². The maximum atomic E-state index is 6.42. The zero-order chi connectivity index (χ0) is 15.5. The molecule has 2 atom stereocenters. The van der Waals surface area contributed by atoms with Crippen molar-refractivity contribution in [3.8, 4) is 5.75 Å². The molecule has 0 fully saturated rings. The third-order valence-electron chi connectivity index (χ3n) is 4.14. The number of para-hydroxylation sites is 1. The number of fused-ring (bicyclic) bond motifs is 1. The van der Waals surface area contributed by atoms with Crippen molar-refractivity contribution in [3.05, 3.63) is 96.1 Å². The normalized spacial score (nSPS) is 19.7. The van der Waals surface area contributed by atoms with Gasteiger partial charge in [-0.25, -0.2) is 0 Å².